The Bertz CT molecular complexity index is 1040. The van der Waals surface area contributed by atoms with Gasteiger partial charge in [-0.3, -0.25) is 0 Å². The molecule has 2 fully saturated rings. The van der Waals surface area contributed by atoms with Crippen LogP contribution in [0.1, 0.15) is 87.8 Å². The Balaban J connectivity index is 0.000000908. The molecule has 0 N–H and O–H groups in total. The third-order valence-electron chi connectivity index (χ3n) is 8.77. The molecular formula is C28H40B2I3O4-. The van der Waals surface area contributed by atoms with Crippen molar-refractivity contribution in [2.24, 2.45) is 0 Å². The predicted octanol–water partition coefficient (Wildman–Crippen LogP) is 4.00. The van der Waals surface area contributed by atoms with Crippen LogP contribution in [-0.2, 0) is 24.0 Å². The number of hydrogen-bond donors (Lipinski definition) is 0. The Hall–Kier alpha value is 0.600. The van der Waals surface area contributed by atoms with Crippen LogP contribution in [0.25, 0.3) is 11.1 Å². The van der Waals surface area contributed by atoms with Gasteiger partial charge >= 0.3 is 64.7 Å². The zero-order chi connectivity index (χ0) is 26.9. The van der Waals surface area contributed by atoms with E-state index in [2.05, 4.69) is 143 Å². The molecule has 1 aliphatic carbocycles. The van der Waals surface area contributed by atoms with Crippen molar-refractivity contribution in [1.82, 2.24) is 0 Å². The van der Waals surface area contributed by atoms with Crippen LogP contribution in [0.4, 0.5) is 0 Å². The topological polar surface area (TPSA) is 36.9 Å². The monoisotopic (exact) mass is 843 g/mol. The fourth-order valence-corrected chi connectivity index (χ4v) is 5.02. The minimum atomic E-state index is -0.361. The maximum atomic E-state index is 6.33. The van der Waals surface area contributed by atoms with Gasteiger partial charge in [-0.2, -0.15) is 0 Å². The molecule has 4 nitrogen and oxygen atoms in total. The van der Waals surface area contributed by atoms with Gasteiger partial charge in [-0.1, -0.05) is 57.7 Å². The quantitative estimate of drug-likeness (QED) is 0.339. The molecule has 0 unspecified atom stereocenters. The summed E-state index contributed by atoms with van der Waals surface area (Å²) in [6.45, 7) is 21.3. The molecule has 0 amide bonds. The van der Waals surface area contributed by atoms with E-state index >= 15 is 0 Å². The van der Waals surface area contributed by atoms with Crippen LogP contribution in [0.5, 0.6) is 0 Å². The number of fused-ring (bicyclic) bond motifs is 3. The third kappa shape index (κ3) is 5.58. The molecule has 2 aromatic carbocycles. The summed E-state index contributed by atoms with van der Waals surface area (Å²) in [6, 6.07) is 13.3. The predicted molar refractivity (Wildman–Crippen MR) is 170 cm³/mol. The zero-order valence-electron chi connectivity index (χ0n) is 22.9. The van der Waals surface area contributed by atoms with Crippen molar-refractivity contribution in [3.8, 4) is 11.1 Å². The van der Waals surface area contributed by atoms with Gasteiger partial charge in [0.15, 0.2) is 0 Å². The first kappa shape index (κ1) is 32.1. The summed E-state index contributed by atoms with van der Waals surface area (Å²) in [4.78, 5) is 0. The van der Waals surface area contributed by atoms with Gasteiger partial charge in [0.2, 0.25) is 0 Å². The van der Waals surface area contributed by atoms with Gasteiger partial charge in [-0.05, 0) is 88.6 Å². The van der Waals surface area contributed by atoms with Crippen molar-refractivity contribution in [2.75, 3.05) is 0 Å². The van der Waals surface area contributed by atoms with Crippen LogP contribution in [-0.4, -0.2) is 36.6 Å². The van der Waals surface area contributed by atoms with Crippen molar-refractivity contribution < 1.29 is 31.9 Å². The second kappa shape index (κ2) is 10.8. The first-order chi connectivity index (χ1) is 16.5. The van der Waals surface area contributed by atoms with Crippen LogP contribution >= 0.6 is 37.2 Å². The molecule has 37 heavy (non-hydrogen) atoms. The molecule has 5 rings (SSSR count). The SMILES string of the molecule is C.CC1(C)c2cc(B3OC(C)(C)C(C)(C)O3)ccc2-c2ccc(B3OC(C)(C)C(C)(C)O3)cc21.I[I-]I. The van der Waals surface area contributed by atoms with Crippen LogP contribution in [0.3, 0.4) is 0 Å². The van der Waals surface area contributed by atoms with E-state index < -0.39 is 0 Å². The van der Waals surface area contributed by atoms with Crippen LogP contribution in [0, 0.1) is 0 Å². The van der Waals surface area contributed by atoms with E-state index in [1.54, 1.807) is 0 Å². The molecule has 0 aromatic heterocycles. The first-order valence-electron chi connectivity index (χ1n) is 12.3. The van der Waals surface area contributed by atoms with E-state index in [1.807, 2.05) is 0 Å². The van der Waals surface area contributed by atoms with Crippen molar-refractivity contribution in [2.45, 2.75) is 104 Å². The van der Waals surface area contributed by atoms with Crippen molar-refractivity contribution in [1.29, 1.82) is 0 Å². The van der Waals surface area contributed by atoms with E-state index in [4.69, 9.17) is 18.6 Å². The number of hydrogen-bond acceptors (Lipinski definition) is 4. The Labute approximate surface area is 255 Å². The normalized spacial score (nSPS) is 23.1. The Morgan fingerprint density at radius 1 is 0.568 bits per heavy atom. The van der Waals surface area contributed by atoms with Gasteiger partial charge in [0.25, 0.3) is 0 Å². The van der Waals surface area contributed by atoms with Gasteiger partial charge in [-0.25, -0.2) is 0 Å². The summed E-state index contributed by atoms with van der Waals surface area (Å²) in [5.41, 5.74) is 5.72. The molecule has 0 radical (unpaired) electrons. The van der Waals surface area contributed by atoms with E-state index in [1.165, 1.54) is 22.3 Å². The zero-order valence-corrected chi connectivity index (χ0v) is 29.4. The maximum absolute atomic E-state index is 6.33. The van der Waals surface area contributed by atoms with E-state index in [0.717, 1.165) is 10.9 Å². The molecule has 3 aliphatic rings. The van der Waals surface area contributed by atoms with Crippen LogP contribution in [0.15, 0.2) is 36.4 Å². The summed E-state index contributed by atoms with van der Waals surface area (Å²) in [5.74, 6) is 0. The van der Waals surface area contributed by atoms with Crippen molar-refractivity contribution in [3.05, 3.63) is 47.5 Å². The molecule has 2 aliphatic heterocycles. The Morgan fingerprint density at radius 3 is 1.11 bits per heavy atom. The summed E-state index contributed by atoms with van der Waals surface area (Å²) >= 11 is 5.30. The molecule has 204 valence electrons. The Morgan fingerprint density at radius 2 is 0.838 bits per heavy atom. The average Bonchev–Trinajstić information content (AvgIpc) is 3.22. The summed E-state index contributed by atoms with van der Waals surface area (Å²) in [5, 5.41) is 0. The molecule has 0 spiro atoms. The number of benzene rings is 2. The molecular weight excluding hydrogens is 803 g/mol. The van der Waals surface area contributed by atoms with Crippen molar-refractivity contribution >= 4 is 62.4 Å². The fourth-order valence-electron chi connectivity index (χ4n) is 5.02. The van der Waals surface area contributed by atoms with Crippen molar-refractivity contribution in [3.63, 3.8) is 0 Å². The second-order valence-corrected chi connectivity index (χ2v) is 28.7. The van der Waals surface area contributed by atoms with Gasteiger partial charge < -0.3 is 18.6 Å². The van der Waals surface area contributed by atoms with Crippen LogP contribution < -0.4 is 24.2 Å². The first-order valence-corrected chi connectivity index (χ1v) is 24.9. The van der Waals surface area contributed by atoms with Crippen LogP contribution in [0.2, 0.25) is 0 Å². The molecule has 2 saturated heterocycles. The minimum absolute atomic E-state index is 0. The summed E-state index contributed by atoms with van der Waals surface area (Å²) in [6.07, 6.45) is 0. The molecule has 0 saturated carbocycles. The van der Waals surface area contributed by atoms with E-state index in [-0.39, 0.29) is 49.5 Å². The van der Waals surface area contributed by atoms with Gasteiger partial charge in [0.05, 0.1) is 22.4 Å². The van der Waals surface area contributed by atoms with Gasteiger partial charge in [0, 0.05) is 5.41 Å². The second-order valence-electron chi connectivity index (χ2n) is 12.5. The summed E-state index contributed by atoms with van der Waals surface area (Å²) < 4.78 is 25.3. The van der Waals surface area contributed by atoms with Gasteiger partial charge in [0.1, 0.15) is 0 Å². The molecule has 9 heteroatoms. The molecule has 0 bridgehead atoms. The number of halogens is 3. The van der Waals surface area contributed by atoms with E-state index in [0.29, 0.717) is 13.3 Å². The molecule has 2 aromatic rings. The third-order valence-corrected chi connectivity index (χ3v) is 8.77. The molecule has 0 atom stereocenters. The van der Waals surface area contributed by atoms with Gasteiger partial charge in [-0.15, -0.1) is 0 Å². The standard InChI is InChI=1S/C27H36B2O4.CH4.I3/c1-23(2)21-15-17(28-30-24(3,4)25(5,6)31-28)11-13-19(21)20-14-12-18(16-22(20)23)29-32-26(7,8)27(9,10)33-29;;1-3-2/h11-16H,1-10H3;1H4;/q;;-1. The molecule has 2 heterocycles. The Kier molecular flexibility index (Phi) is 9.36. The van der Waals surface area contributed by atoms with E-state index in [9.17, 15) is 0 Å². The summed E-state index contributed by atoms with van der Waals surface area (Å²) in [7, 11) is -0.722. The fraction of sp³-hybridized carbons (Fsp3) is 0.571. The average molecular weight is 843 g/mol. The number of rotatable bonds is 2.